The molecule has 0 saturated carbocycles. The van der Waals surface area contributed by atoms with E-state index in [0.29, 0.717) is 5.41 Å². The smallest absolute Gasteiger partial charge is 0.0273 e. The summed E-state index contributed by atoms with van der Waals surface area (Å²) in [5.74, 6) is 1.55. The molecule has 3 rings (SSSR count). The van der Waals surface area contributed by atoms with E-state index in [1.54, 1.807) is 17.0 Å². The Labute approximate surface area is 136 Å². The van der Waals surface area contributed by atoms with Gasteiger partial charge in [-0.15, -0.1) is 0 Å². The molecule has 0 fully saturated rings. The number of fused-ring (bicyclic) bond motifs is 2. The van der Waals surface area contributed by atoms with Crippen molar-refractivity contribution >= 4 is 6.08 Å². The minimum Gasteiger partial charge on any atom is -0.0721 e. The predicted molar refractivity (Wildman–Crippen MR) is 78.5 cm³/mol. The molecule has 0 nitrogen and oxygen atoms in total. The molecule has 1 aromatic rings. The van der Waals surface area contributed by atoms with Crippen LogP contribution in [0.5, 0.6) is 0 Å². The van der Waals surface area contributed by atoms with Crippen LogP contribution in [-0.2, 0) is 38.7 Å². The zero-order valence-electron chi connectivity index (χ0n) is 12.3. The second-order valence-electron chi connectivity index (χ2n) is 6.69. The van der Waals surface area contributed by atoms with Crippen LogP contribution >= 0.6 is 0 Å². The van der Waals surface area contributed by atoms with Crippen molar-refractivity contribution in [1.29, 1.82) is 0 Å². The largest absolute Gasteiger partial charge is 0.0721 e. The fraction of sp³-hybridized carbons (Fsp3) is 0.500. The van der Waals surface area contributed by atoms with E-state index < -0.39 is 0 Å². The Bertz CT molecular complexity index is 497. The van der Waals surface area contributed by atoms with E-state index in [2.05, 4.69) is 45.1 Å². The zero-order chi connectivity index (χ0) is 12.8. The van der Waals surface area contributed by atoms with Gasteiger partial charge in [-0.05, 0) is 46.9 Å². The van der Waals surface area contributed by atoms with Crippen molar-refractivity contribution in [3.05, 3.63) is 46.4 Å². The average Bonchev–Trinajstić information content (AvgIpc) is 2.81. The fourth-order valence-corrected chi connectivity index (χ4v) is 3.41. The summed E-state index contributed by atoms with van der Waals surface area (Å²) < 4.78 is 0. The van der Waals surface area contributed by atoms with Crippen molar-refractivity contribution in [3.8, 4) is 0 Å². The second kappa shape index (κ2) is 5.68. The summed E-state index contributed by atoms with van der Waals surface area (Å²) in [6, 6.07) is 4.92. The molecular formula is C18H23Hf. The topological polar surface area (TPSA) is 0 Å². The van der Waals surface area contributed by atoms with E-state index in [0.717, 1.165) is 0 Å². The van der Waals surface area contributed by atoms with Crippen LogP contribution < -0.4 is 0 Å². The van der Waals surface area contributed by atoms with Gasteiger partial charge >= 0.3 is 0 Å². The summed E-state index contributed by atoms with van der Waals surface area (Å²) in [7, 11) is 0. The van der Waals surface area contributed by atoms with Crippen LogP contribution in [0, 0.1) is 11.3 Å². The Morgan fingerprint density at radius 3 is 2.42 bits per heavy atom. The first-order chi connectivity index (χ1) is 8.59. The van der Waals surface area contributed by atoms with Gasteiger partial charge in [-0.25, -0.2) is 0 Å². The molecular weight excluding hydrogens is 395 g/mol. The van der Waals surface area contributed by atoms with Crippen LogP contribution in [0.1, 0.15) is 62.3 Å². The molecule has 0 aliphatic heterocycles. The maximum absolute atomic E-state index is 2.48. The van der Waals surface area contributed by atoms with Crippen molar-refractivity contribution in [1.82, 2.24) is 0 Å². The van der Waals surface area contributed by atoms with Gasteiger partial charge in [0.1, 0.15) is 0 Å². The molecule has 0 saturated heterocycles. The van der Waals surface area contributed by atoms with Gasteiger partial charge in [-0.1, -0.05) is 57.9 Å². The Hall–Kier alpha value is -0.170. The maximum atomic E-state index is 2.48. The third kappa shape index (κ3) is 2.96. The molecule has 1 heteroatoms. The molecule has 0 unspecified atom stereocenters. The van der Waals surface area contributed by atoms with E-state index >= 15 is 0 Å². The third-order valence-electron chi connectivity index (χ3n) is 4.32. The van der Waals surface area contributed by atoms with E-state index in [-0.39, 0.29) is 25.8 Å². The molecule has 0 heterocycles. The number of benzene rings is 1. The van der Waals surface area contributed by atoms with Crippen LogP contribution in [0.3, 0.4) is 0 Å². The Kier molecular flexibility index (Phi) is 4.55. The molecule has 0 spiro atoms. The van der Waals surface area contributed by atoms with Crippen molar-refractivity contribution in [3.63, 3.8) is 0 Å². The monoisotopic (exact) mass is 419 g/mol. The molecule has 0 bridgehead atoms. The van der Waals surface area contributed by atoms with Crippen LogP contribution in [-0.4, -0.2) is 0 Å². The minimum absolute atomic E-state index is 0. The Balaban J connectivity index is 0.00000133. The standard InChI is InChI=1S/C18H23.Hf/c1-4-5-6-13-7-8-14-9-15-11-18(2,3)12-16(15)10-17(13)14;/h7-10H,4-6,11-12H2,1-3H3;. The fourth-order valence-electron chi connectivity index (χ4n) is 3.41. The van der Waals surface area contributed by atoms with E-state index in [9.17, 15) is 0 Å². The predicted octanol–water partition coefficient (Wildman–Crippen LogP) is 4.95. The molecule has 2 aliphatic carbocycles. The maximum Gasteiger partial charge on any atom is 0.0273 e. The zero-order valence-corrected chi connectivity index (χ0v) is 15.9. The molecule has 1 aromatic carbocycles. The summed E-state index contributed by atoms with van der Waals surface area (Å²) >= 11 is 0. The second-order valence-corrected chi connectivity index (χ2v) is 6.69. The van der Waals surface area contributed by atoms with Gasteiger partial charge in [-0.3, -0.25) is 0 Å². The normalized spacial score (nSPS) is 19.1. The van der Waals surface area contributed by atoms with Crippen molar-refractivity contribution < 1.29 is 25.8 Å². The van der Waals surface area contributed by atoms with E-state index in [1.807, 2.05) is 0 Å². The average molecular weight is 418 g/mol. The first-order valence-corrected chi connectivity index (χ1v) is 7.29. The third-order valence-corrected chi connectivity index (χ3v) is 4.32. The van der Waals surface area contributed by atoms with Crippen LogP contribution in [0.4, 0.5) is 0 Å². The molecule has 0 aromatic heterocycles. The molecule has 99 valence electrons. The SMILES string of the molecule is CCCC[C]1C=Cc2cc3c(cc21)CC(C)(C)C3.[Hf]. The number of allylic oxidation sites excluding steroid dienone is 1. The van der Waals surface area contributed by atoms with Gasteiger partial charge in [0.25, 0.3) is 0 Å². The van der Waals surface area contributed by atoms with Crippen molar-refractivity contribution in [2.24, 2.45) is 5.41 Å². The number of hydrogen-bond acceptors (Lipinski definition) is 0. The van der Waals surface area contributed by atoms with E-state index in [1.165, 1.54) is 43.2 Å². The first-order valence-electron chi connectivity index (χ1n) is 7.29. The molecule has 0 N–H and O–H groups in total. The molecule has 1 radical (unpaired) electrons. The van der Waals surface area contributed by atoms with E-state index in [4.69, 9.17) is 0 Å². The van der Waals surface area contributed by atoms with Gasteiger partial charge in [0, 0.05) is 31.8 Å². The quantitative estimate of drug-likeness (QED) is 0.610. The number of unbranched alkanes of at least 4 members (excludes halogenated alkanes) is 1. The molecule has 0 amide bonds. The van der Waals surface area contributed by atoms with Crippen LogP contribution in [0.15, 0.2) is 18.2 Å². The summed E-state index contributed by atoms with van der Waals surface area (Å²) in [5, 5.41) is 0. The number of rotatable bonds is 3. The molecule has 19 heavy (non-hydrogen) atoms. The van der Waals surface area contributed by atoms with Crippen LogP contribution in [0.2, 0.25) is 0 Å². The summed E-state index contributed by atoms with van der Waals surface area (Å²) in [6.07, 6.45) is 11.0. The minimum atomic E-state index is 0. The summed E-state index contributed by atoms with van der Waals surface area (Å²) in [5.41, 5.74) is 6.61. The van der Waals surface area contributed by atoms with Crippen molar-refractivity contribution in [2.45, 2.75) is 52.9 Å². The summed E-state index contributed by atoms with van der Waals surface area (Å²) in [4.78, 5) is 0. The Morgan fingerprint density at radius 1 is 1.05 bits per heavy atom. The summed E-state index contributed by atoms with van der Waals surface area (Å²) in [6.45, 7) is 7.04. The van der Waals surface area contributed by atoms with Gasteiger partial charge in [-0.2, -0.15) is 0 Å². The number of hydrogen-bond donors (Lipinski definition) is 0. The van der Waals surface area contributed by atoms with Gasteiger partial charge in [0.15, 0.2) is 0 Å². The molecule has 2 aliphatic rings. The van der Waals surface area contributed by atoms with Crippen LogP contribution in [0.25, 0.3) is 6.08 Å². The Morgan fingerprint density at radius 2 is 1.74 bits per heavy atom. The van der Waals surface area contributed by atoms with Gasteiger partial charge in [0.05, 0.1) is 0 Å². The van der Waals surface area contributed by atoms with Gasteiger partial charge < -0.3 is 0 Å². The molecule has 0 atom stereocenters. The van der Waals surface area contributed by atoms with Crippen molar-refractivity contribution in [2.75, 3.05) is 0 Å². The van der Waals surface area contributed by atoms with Gasteiger partial charge in [0.2, 0.25) is 0 Å². The first kappa shape index (κ1) is 15.2.